The van der Waals surface area contributed by atoms with Crippen LogP contribution in [0.2, 0.25) is 0 Å². The number of amides is 1. The van der Waals surface area contributed by atoms with Gasteiger partial charge < -0.3 is 23.7 Å². The Hall–Kier alpha value is -2.65. The summed E-state index contributed by atoms with van der Waals surface area (Å²) in [6.45, 7) is 5.81. The molecule has 1 aliphatic heterocycles. The highest BCUT2D eigenvalue weighted by Crippen LogP contribution is 2.28. The molecule has 0 spiro atoms. The maximum atomic E-state index is 13.5. The number of aromatic nitrogens is 1. The van der Waals surface area contributed by atoms with E-state index >= 15 is 0 Å². The van der Waals surface area contributed by atoms with E-state index in [1.807, 2.05) is 11.4 Å². The molecular weight excluding hydrogens is 432 g/mol. The highest BCUT2D eigenvalue weighted by Gasteiger charge is 2.33. The number of nitrogens with zero attached hydrogens (tertiary/aromatic N) is 2. The lowest BCUT2D eigenvalue weighted by Gasteiger charge is -2.27. The predicted octanol–water partition coefficient (Wildman–Crippen LogP) is 2.63. The van der Waals surface area contributed by atoms with E-state index < -0.39 is 11.9 Å². The predicted molar refractivity (Wildman–Crippen MR) is 120 cm³/mol. The van der Waals surface area contributed by atoms with Crippen LogP contribution in [0.3, 0.4) is 0 Å². The summed E-state index contributed by atoms with van der Waals surface area (Å²) < 4.78 is 17.5. The van der Waals surface area contributed by atoms with Gasteiger partial charge in [0.1, 0.15) is 5.69 Å². The van der Waals surface area contributed by atoms with Crippen LogP contribution >= 0.6 is 11.3 Å². The summed E-state index contributed by atoms with van der Waals surface area (Å²) in [5, 5.41) is 4.05. The van der Waals surface area contributed by atoms with E-state index in [-0.39, 0.29) is 25.5 Å². The summed E-state index contributed by atoms with van der Waals surface area (Å²) in [4.78, 5) is 40.6. The Bertz CT molecular complexity index is 944. The van der Waals surface area contributed by atoms with Crippen molar-refractivity contribution < 1.29 is 28.6 Å². The molecule has 3 heterocycles. The molecule has 0 unspecified atom stereocenters. The highest BCUT2D eigenvalue weighted by atomic mass is 32.1. The number of esters is 2. The van der Waals surface area contributed by atoms with Crippen LogP contribution in [-0.2, 0) is 45.3 Å². The third-order valence-corrected chi connectivity index (χ3v) is 6.19. The Balaban J connectivity index is 2.09. The molecule has 9 heteroatoms. The molecule has 0 aromatic carbocycles. The molecule has 2 aromatic rings. The molecule has 2 aromatic heterocycles. The van der Waals surface area contributed by atoms with Crippen LogP contribution in [0.15, 0.2) is 16.8 Å². The van der Waals surface area contributed by atoms with Crippen molar-refractivity contribution in [3.8, 4) is 0 Å². The molecule has 0 atom stereocenters. The molecule has 0 bridgehead atoms. The van der Waals surface area contributed by atoms with Gasteiger partial charge in [0.15, 0.2) is 0 Å². The van der Waals surface area contributed by atoms with Crippen molar-refractivity contribution in [2.45, 2.75) is 33.1 Å². The van der Waals surface area contributed by atoms with Gasteiger partial charge in [-0.3, -0.25) is 9.59 Å². The Labute approximate surface area is 192 Å². The van der Waals surface area contributed by atoms with Crippen LogP contribution in [0, 0.1) is 0 Å². The second-order valence-corrected chi connectivity index (χ2v) is 8.23. The zero-order valence-corrected chi connectivity index (χ0v) is 19.7. The Morgan fingerprint density at radius 1 is 1.09 bits per heavy atom. The SMILES string of the molecule is CCOC(=O)Cc1c(C(=O)OCC)c(CCc2ccsc2)c(C(=O)N2CCOCC2)n1C. The first-order valence-corrected chi connectivity index (χ1v) is 11.8. The number of aryl methyl sites for hydroxylation is 1. The van der Waals surface area contributed by atoms with E-state index in [0.717, 1.165) is 5.56 Å². The van der Waals surface area contributed by atoms with Crippen molar-refractivity contribution in [1.29, 1.82) is 0 Å². The lowest BCUT2D eigenvalue weighted by atomic mass is 9.99. The third-order valence-electron chi connectivity index (χ3n) is 5.46. The first kappa shape index (κ1) is 24.0. The first-order chi connectivity index (χ1) is 15.5. The van der Waals surface area contributed by atoms with Gasteiger partial charge in [-0.2, -0.15) is 11.3 Å². The molecule has 174 valence electrons. The molecule has 0 N–H and O–H groups in total. The molecule has 0 saturated carbocycles. The minimum absolute atomic E-state index is 0.111. The van der Waals surface area contributed by atoms with Crippen LogP contribution in [-0.4, -0.2) is 66.8 Å². The summed E-state index contributed by atoms with van der Waals surface area (Å²) in [6, 6.07) is 2.03. The van der Waals surface area contributed by atoms with Gasteiger partial charge in [0.05, 0.1) is 38.4 Å². The molecular formula is C23H30N2O6S. The topological polar surface area (TPSA) is 87.1 Å². The average molecular weight is 463 g/mol. The van der Waals surface area contributed by atoms with Crippen LogP contribution in [0.4, 0.5) is 0 Å². The van der Waals surface area contributed by atoms with Crippen molar-refractivity contribution in [2.24, 2.45) is 7.05 Å². The minimum Gasteiger partial charge on any atom is -0.466 e. The van der Waals surface area contributed by atoms with Gasteiger partial charge in [-0.05, 0) is 54.6 Å². The highest BCUT2D eigenvalue weighted by molar-refractivity contribution is 7.07. The van der Waals surface area contributed by atoms with E-state index in [1.165, 1.54) is 0 Å². The summed E-state index contributed by atoms with van der Waals surface area (Å²) in [6.07, 6.45) is 1.04. The molecule has 1 amide bonds. The smallest absolute Gasteiger partial charge is 0.340 e. The molecule has 32 heavy (non-hydrogen) atoms. The van der Waals surface area contributed by atoms with E-state index in [0.29, 0.717) is 61.7 Å². The zero-order valence-electron chi connectivity index (χ0n) is 18.8. The minimum atomic E-state index is -0.524. The summed E-state index contributed by atoms with van der Waals surface area (Å²) in [5.41, 5.74) is 2.91. The quantitative estimate of drug-likeness (QED) is 0.533. The lowest BCUT2D eigenvalue weighted by molar-refractivity contribution is -0.142. The monoisotopic (exact) mass is 462 g/mol. The fraction of sp³-hybridized carbons (Fsp3) is 0.522. The van der Waals surface area contributed by atoms with Gasteiger partial charge >= 0.3 is 11.9 Å². The normalized spacial score (nSPS) is 13.8. The maximum Gasteiger partial charge on any atom is 0.340 e. The largest absolute Gasteiger partial charge is 0.466 e. The number of hydrogen-bond acceptors (Lipinski definition) is 7. The average Bonchev–Trinajstić information content (AvgIpc) is 3.39. The summed E-state index contributed by atoms with van der Waals surface area (Å²) in [5.74, 6) is -1.14. The van der Waals surface area contributed by atoms with Crippen molar-refractivity contribution in [1.82, 2.24) is 9.47 Å². The molecule has 1 saturated heterocycles. The third kappa shape index (κ3) is 5.39. The standard InChI is InChI=1S/C23H30N2O6S/c1-4-30-19(26)14-18-20(23(28)31-5-2)17(7-6-16-8-13-32-15-16)21(24(18)3)22(27)25-9-11-29-12-10-25/h8,13,15H,4-7,9-12,14H2,1-3H3. The van der Waals surface area contributed by atoms with Gasteiger partial charge in [-0.1, -0.05) is 0 Å². The van der Waals surface area contributed by atoms with Crippen molar-refractivity contribution in [3.63, 3.8) is 0 Å². The van der Waals surface area contributed by atoms with Crippen LogP contribution in [0.5, 0.6) is 0 Å². The molecule has 3 rings (SSSR count). The van der Waals surface area contributed by atoms with Gasteiger partial charge in [0.25, 0.3) is 5.91 Å². The van der Waals surface area contributed by atoms with Crippen LogP contribution in [0.25, 0.3) is 0 Å². The van der Waals surface area contributed by atoms with Gasteiger partial charge in [0, 0.05) is 25.8 Å². The first-order valence-electron chi connectivity index (χ1n) is 10.9. The number of thiophene rings is 1. The van der Waals surface area contributed by atoms with E-state index in [2.05, 4.69) is 5.38 Å². The van der Waals surface area contributed by atoms with Crippen molar-refractivity contribution in [3.05, 3.63) is 44.9 Å². The van der Waals surface area contributed by atoms with Gasteiger partial charge in [-0.25, -0.2) is 4.79 Å². The fourth-order valence-electron chi connectivity index (χ4n) is 3.93. The molecule has 1 fully saturated rings. The number of ether oxygens (including phenoxy) is 3. The number of rotatable bonds is 9. The van der Waals surface area contributed by atoms with Crippen molar-refractivity contribution >= 4 is 29.2 Å². The summed E-state index contributed by atoms with van der Waals surface area (Å²) >= 11 is 1.60. The lowest BCUT2D eigenvalue weighted by Crippen LogP contribution is -2.41. The van der Waals surface area contributed by atoms with Crippen LogP contribution < -0.4 is 0 Å². The Morgan fingerprint density at radius 2 is 1.81 bits per heavy atom. The van der Waals surface area contributed by atoms with Crippen LogP contribution in [0.1, 0.15) is 51.5 Å². The molecule has 0 radical (unpaired) electrons. The number of carbonyl (C=O) groups excluding carboxylic acids is 3. The molecule has 0 aliphatic carbocycles. The van der Waals surface area contributed by atoms with Crippen molar-refractivity contribution in [2.75, 3.05) is 39.5 Å². The number of morpholine rings is 1. The second kappa shape index (κ2) is 11.3. The summed E-state index contributed by atoms with van der Waals surface area (Å²) in [7, 11) is 1.72. The number of carbonyl (C=O) groups is 3. The van der Waals surface area contributed by atoms with E-state index in [1.54, 1.807) is 41.7 Å². The zero-order chi connectivity index (χ0) is 23.1. The fourth-order valence-corrected chi connectivity index (χ4v) is 4.64. The molecule has 1 aliphatic rings. The number of hydrogen-bond donors (Lipinski definition) is 0. The Morgan fingerprint density at radius 3 is 2.44 bits per heavy atom. The van der Waals surface area contributed by atoms with E-state index in [9.17, 15) is 14.4 Å². The molecule has 8 nitrogen and oxygen atoms in total. The second-order valence-electron chi connectivity index (χ2n) is 7.45. The maximum absolute atomic E-state index is 13.5. The van der Waals surface area contributed by atoms with Gasteiger partial charge in [-0.15, -0.1) is 0 Å². The van der Waals surface area contributed by atoms with Gasteiger partial charge in [0.2, 0.25) is 0 Å². The Kier molecular flexibility index (Phi) is 8.46. The van der Waals surface area contributed by atoms with E-state index in [4.69, 9.17) is 14.2 Å².